The molecule has 0 saturated heterocycles. The minimum Gasteiger partial charge on any atom is -0.365 e. The van der Waals surface area contributed by atoms with Crippen LogP contribution in [0.5, 0.6) is 0 Å². The lowest BCUT2D eigenvalue weighted by atomic mass is 10.0. The Kier molecular flexibility index (Phi) is 4.18. The quantitative estimate of drug-likeness (QED) is 0.765. The van der Waals surface area contributed by atoms with Crippen molar-refractivity contribution >= 4 is 28.2 Å². The van der Waals surface area contributed by atoms with Crippen LogP contribution in [0, 0.1) is 6.92 Å². The third kappa shape index (κ3) is 2.81. The summed E-state index contributed by atoms with van der Waals surface area (Å²) >= 11 is 1.33. The number of aryl methyl sites for hydroxylation is 2. The van der Waals surface area contributed by atoms with Gasteiger partial charge in [0, 0.05) is 23.7 Å². The SMILES string of the molecule is Cc1sc(NC(=O)c2ccnn2C)c(C(N)=O)c1-c1ccccc1. The van der Waals surface area contributed by atoms with Gasteiger partial charge in [-0.05, 0) is 18.6 Å². The Morgan fingerprint density at radius 3 is 2.50 bits per heavy atom. The van der Waals surface area contributed by atoms with Crippen molar-refractivity contribution in [1.29, 1.82) is 0 Å². The summed E-state index contributed by atoms with van der Waals surface area (Å²) < 4.78 is 1.47. The Labute approximate surface area is 142 Å². The number of carbonyl (C=O) groups excluding carboxylic acids is 2. The van der Waals surface area contributed by atoms with Crippen molar-refractivity contribution in [2.75, 3.05) is 5.32 Å². The highest BCUT2D eigenvalue weighted by Gasteiger charge is 2.23. The lowest BCUT2D eigenvalue weighted by Crippen LogP contribution is -2.19. The standard InChI is InChI=1S/C17H16N4O2S/c1-10-13(11-6-4-3-5-7-11)14(15(18)22)17(24-10)20-16(23)12-8-9-19-21(12)2/h3-9H,1-2H3,(H2,18,22)(H,20,23). The maximum Gasteiger partial charge on any atom is 0.274 e. The van der Waals surface area contributed by atoms with Gasteiger partial charge in [0.05, 0.1) is 5.56 Å². The highest BCUT2D eigenvalue weighted by atomic mass is 32.1. The Morgan fingerprint density at radius 1 is 1.21 bits per heavy atom. The van der Waals surface area contributed by atoms with E-state index < -0.39 is 5.91 Å². The molecule has 0 saturated carbocycles. The molecule has 3 rings (SSSR count). The number of rotatable bonds is 4. The largest absolute Gasteiger partial charge is 0.365 e. The summed E-state index contributed by atoms with van der Waals surface area (Å²) in [6.45, 7) is 1.90. The number of carbonyl (C=O) groups is 2. The molecule has 2 aromatic heterocycles. The average Bonchev–Trinajstić information content (AvgIpc) is 3.11. The number of hydrogen-bond donors (Lipinski definition) is 2. The Hall–Kier alpha value is -2.93. The second kappa shape index (κ2) is 6.29. The van der Waals surface area contributed by atoms with Gasteiger partial charge >= 0.3 is 0 Å². The van der Waals surface area contributed by atoms with Crippen molar-refractivity contribution in [3.8, 4) is 11.1 Å². The molecule has 3 N–H and O–H groups in total. The molecule has 0 bridgehead atoms. The zero-order valence-electron chi connectivity index (χ0n) is 13.2. The molecule has 0 aliphatic carbocycles. The van der Waals surface area contributed by atoms with Gasteiger partial charge in [0.1, 0.15) is 10.7 Å². The van der Waals surface area contributed by atoms with Crippen LogP contribution in [0.1, 0.15) is 25.7 Å². The molecule has 24 heavy (non-hydrogen) atoms. The molecule has 3 aromatic rings. The number of nitrogens with one attached hydrogen (secondary N) is 1. The monoisotopic (exact) mass is 340 g/mol. The van der Waals surface area contributed by atoms with E-state index in [0.717, 1.165) is 16.0 Å². The van der Waals surface area contributed by atoms with Gasteiger partial charge in [-0.1, -0.05) is 30.3 Å². The minimum absolute atomic E-state index is 0.333. The molecule has 0 fully saturated rings. The number of nitrogens with zero attached hydrogens (tertiary/aromatic N) is 2. The highest BCUT2D eigenvalue weighted by Crippen LogP contribution is 2.39. The maximum atomic E-state index is 12.4. The summed E-state index contributed by atoms with van der Waals surface area (Å²) in [7, 11) is 1.68. The fraction of sp³-hybridized carbons (Fsp3) is 0.118. The second-order valence-corrected chi connectivity index (χ2v) is 6.49. The zero-order chi connectivity index (χ0) is 17.3. The van der Waals surface area contributed by atoms with E-state index in [1.54, 1.807) is 19.3 Å². The van der Waals surface area contributed by atoms with E-state index in [9.17, 15) is 9.59 Å². The number of benzene rings is 1. The van der Waals surface area contributed by atoms with Crippen LogP contribution in [-0.4, -0.2) is 21.6 Å². The van der Waals surface area contributed by atoms with Gasteiger partial charge in [0.25, 0.3) is 11.8 Å². The second-order valence-electron chi connectivity index (χ2n) is 5.26. The predicted octanol–water partition coefficient (Wildman–Crippen LogP) is 2.81. The molecule has 0 aliphatic heterocycles. The molecule has 0 atom stereocenters. The van der Waals surface area contributed by atoms with E-state index in [0.29, 0.717) is 16.3 Å². The first-order valence-corrected chi connectivity index (χ1v) is 8.08. The Balaban J connectivity index is 2.05. The molecule has 7 heteroatoms. The predicted molar refractivity (Wildman–Crippen MR) is 94.2 cm³/mol. The maximum absolute atomic E-state index is 12.4. The van der Waals surface area contributed by atoms with Crippen LogP contribution in [0.25, 0.3) is 11.1 Å². The molecule has 1 aromatic carbocycles. The topological polar surface area (TPSA) is 90.0 Å². The first-order valence-electron chi connectivity index (χ1n) is 7.27. The van der Waals surface area contributed by atoms with Crippen LogP contribution in [0.4, 0.5) is 5.00 Å². The fourth-order valence-electron chi connectivity index (χ4n) is 2.58. The molecule has 2 amide bonds. The number of thiophene rings is 1. The third-order valence-corrected chi connectivity index (χ3v) is 4.69. The first kappa shape index (κ1) is 15.9. The molecule has 0 radical (unpaired) electrons. The molecule has 122 valence electrons. The summed E-state index contributed by atoms with van der Waals surface area (Å²) in [5, 5.41) is 7.21. The Morgan fingerprint density at radius 2 is 1.92 bits per heavy atom. The van der Waals surface area contributed by atoms with Crippen molar-refractivity contribution in [3.05, 3.63) is 58.7 Å². The number of amides is 2. The number of aromatic nitrogens is 2. The molecule has 6 nitrogen and oxygen atoms in total. The molecular formula is C17H16N4O2S. The van der Waals surface area contributed by atoms with Crippen LogP contribution in [0.15, 0.2) is 42.6 Å². The van der Waals surface area contributed by atoms with Crippen LogP contribution < -0.4 is 11.1 Å². The molecule has 0 spiro atoms. The molecule has 0 unspecified atom stereocenters. The lowest BCUT2D eigenvalue weighted by Gasteiger charge is -2.07. The van der Waals surface area contributed by atoms with Crippen molar-refractivity contribution < 1.29 is 9.59 Å². The van der Waals surface area contributed by atoms with Crippen molar-refractivity contribution in [2.24, 2.45) is 12.8 Å². The summed E-state index contributed by atoms with van der Waals surface area (Å²) in [5.74, 6) is -0.906. The van der Waals surface area contributed by atoms with Gasteiger partial charge in [-0.2, -0.15) is 5.10 Å². The van der Waals surface area contributed by atoms with Crippen molar-refractivity contribution in [2.45, 2.75) is 6.92 Å². The minimum atomic E-state index is -0.571. The number of primary amides is 1. The van der Waals surface area contributed by atoms with Crippen LogP contribution in [0.2, 0.25) is 0 Å². The van der Waals surface area contributed by atoms with Crippen LogP contribution >= 0.6 is 11.3 Å². The first-order chi connectivity index (χ1) is 11.5. The van der Waals surface area contributed by atoms with Gasteiger partial charge < -0.3 is 11.1 Å². The van der Waals surface area contributed by atoms with E-state index in [1.807, 2.05) is 37.3 Å². The van der Waals surface area contributed by atoms with Crippen molar-refractivity contribution in [3.63, 3.8) is 0 Å². The van der Waals surface area contributed by atoms with E-state index in [-0.39, 0.29) is 5.91 Å². The molecule has 0 aliphatic rings. The number of nitrogens with two attached hydrogens (primary N) is 1. The molecular weight excluding hydrogens is 324 g/mol. The summed E-state index contributed by atoms with van der Waals surface area (Å²) in [4.78, 5) is 25.3. The van der Waals surface area contributed by atoms with E-state index >= 15 is 0 Å². The summed E-state index contributed by atoms with van der Waals surface area (Å²) in [6, 6.07) is 11.1. The zero-order valence-corrected chi connectivity index (χ0v) is 14.1. The van der Waals surface area contributed by atoms with Gasteiger partial charge in [-0.25, -0.2) is 0 Å². The van der Waals surface area contributed by atoms with Crippen molar-refractivity contribution in [1.82, 2.24) is 9.78 Å². The van der Waals surface area contributed by atoms with Gasteiger partial charge in [-0.15, -0.1) is 11.3 Å². The van der Waals surface area contributed by atoms with Gasteiger partial charge in [0.2, 0.25) is 0 Å². The van der Waals surface area contributed by atoms with Gasteiger partial charge in [0.15, 0.2) is 0 Å². The Bertz CT molecular complexity index is 912. The smallest absolute Gasteiger partial charge is 0.274 e. The average molecular weight is 340 g/mol. The summed E-state index contributed by atoms with van der Waals surface area (Å²) in [5.41, 5.74) is 7.97. The van der Waals surface area contributed by atoms with E-state index in [2.05, 4.69) is 10.4 Å². The number of hydrogen-bond acceptors (Lipinski definition) is 4. The lowest BCUT2D eigenvalue weighted by molar-refractivity contribution is 0.100. The van der Waals surface area contributed by atoms with E-state index in [1.165, 1.54) is 16.0 Å². The molecule has 2 heterocycles. The fourth-order valence-corrected chi connectivity index (χ4v) is 3.66. The number of anilines is 1. The normalized spacial score (nSPS) is 10.6. The third-order valence-electron chi connectivity index (χ3n) is 3.67. The van der Waals surface area contributed by atoms with Crippen LogP contribution in [-0.2, 0) is 7.05 Å². The van der Waals surface area contributed by atoms with Crippen LogP contribution in [0.3, 0.4) is 0 Å². The summed E-state index contributed by atoms with van der Waals surface area (Å²) in [6.07, 6.45) is 1.54. The van der Waals surface area contributed by atoms with E-state index in [4.69, 9.17) is 5.73 Å². The highest BCUT2D eigenvalue weighted by molar-refractivity contribution is 7.17. The van der Waals surface area contributed by atoms with Gasteiger partial charge in [-0.3, -0.25) is 14.3 Å².